The van der Waals surface area contributed by atoms with Crippen LogP contribution in [0, 0.1) is 11.8 Å². The van der Waals surface area contributed by atoms with Crippen molar-refractivity contribution in [3.8, 4) is 0 Å². The van der Waals surface area contributed by atoms with Crippen molar-refractivity contribution in [2.75, 3.05) is 0 Å². The van der Waals surface area contributed by atoms with Crippen LogP contribution in [0.2, 0.25) is 0 Å². The minimum atomic E-state index is -0.442. The Hall–Kier alpha value is -2.38. The number of nitrogens with one attached hydrogen (secondary N) is 1. The maximum Gasteiger partial charge on any atom is 0.332 e. The Balaban J connectivity index is 1.85. The third kappa shape index (κ3) is 3.01. The number of rotatable bonds is 3. The predicted molar refractivity (Wildman–Crippen MR) is 94.3 cm³/mol. The van der Waals surface area contributed by atoms with Gasteiger partial charge in [-0.2, -0.15) is 0 Å². The molecule has 2 heterocycles. The molecule has 1 saturated carbocycles. The molecule has 3 rings (SSSR count). The molecule has 25 heavy (non-hydrogen) atoms. The Morgan fingerprint density at radius 1 is 1.24 bits per heavy atom. The molecule has 136 valence electrons. The van der Waals surface area contributed by atoms with E-state index in [1.165, 1.54) is 28.9 Å². The van der Waals surface area contributed by atoms with E-state index < -0.39 is 11.2 Å². The highest BCUT2D eigenvalue weighted by molar-refractivity contribution is 5.79. The second-order valence-electron chi connectivity index (χ2n) is 7.19. The molecule has 0 spiro atoms. The van der Waals surface area contributed by atoms with Gasteiger partial charge in [0, 0.05) is 20.1 Å². The number of hydrogen-bond donors (Lipinski definition) is 1. The molecule has 2 aromatic heterocycles. The van der Waals surface area contributed by atoms with Crippen LogP contribution in [0.15, 0.2) is 15.9 Å². The van der Waals surface area contributed by atoms with Crippen molar-refractivity contribution < 1.29 is 4.79 Å². The van der Waals surface area contributed by atoms with Gasteiger partial charge in [0.1, 0.15) is 6.54 Å². The fourth-order valence-corrected chi connectivity index (χ4v) is 3.71. The van der Waals surface area contributed by atoms with Crippen molar-refractivity contribution in [2.24, 2.45) is 25.9 Å². The van der Waals surface area contributed by atoms with E-state index in [0.717, 1.165) is 17.4 Å². The average molecular weight is 347 g/mol. The fraction of sp³-hybridized carbons (Fsp3) is 0.647. The van der Waals surface area contributed by atoms with Crippen LogP contribution in [-0.2, 0) is 25.4 Å². The second kappa shape index (κ2) is 6.50. The number of fused-ring (bicyclic) bond motifs is 1. The lowest BCUT2D eigenvalue weighted by Gasteiger charge is -2.34. The van der Waals surface area contributed by atoms with Gasteiger partial charge in [0.15, 0.2) is 11.2 Å². The number of amides is 1. The Morgan fingerprint density at radius 2 is 1.96 bits per heavy atom. The number of carbonyl (C=O) groups is 1. The summed E-state index contributed by atoms with van der Waals surface area (Å²) < 4.78 is 3.86. The summed E-state index contributed by atoms with van der Waals surface area (Å²) in [5.41, 5.74) is -0.314. The molecular formula is C17H25N5O3. The van der Waals surface area contributed by atoms with Gasteiger partial charge in [-0.1, -0.05) is 26.7 Å². The Labute approximate surface area is 145 Å². The van der Waals surface area contributed by atoms with Gasteiger partial charge in [0.25, 0.3) is 5.56 Å². The van der Waals surface area contributed by atoms with Crippen molar-refractivity contribution in [2.45, 2.75) is 45.7 Å². The Kier molecular flexibility index (Phi) is 4.53. The van der Waals surface area contributed by atoms with Crippen molar-refractivity contribution in [1.82, 2.24) is 24.0 Å². The fourth-order valence-electron chi connectivity index (χ4n) is 3.71. The summed E-state index contributed by atoms with van der Waals surface area (Å²) >= 11 is 0. The molecule has 0 saturated heterocycles. The molecule has 0 aliphatic heterocycles. The summed E-state index contributed by atoms with van der Waals surface area (Å²) in [6.07, 6.45) is 4.74. The van der Waals surface area contributed by atoms with Crippen LogP contribution in [0.1, 0.15) is 33.1 Å². The van der Waals surface area contributed by atoms with Crippen LogP contribution in [0.5, 0.6) is 0 Å². The number of carbonyl (C=O) groups excluding carboxylic acids is 1. The monoisotopic (exact) mass is 347 g/mol. The minimum Gasteiger partial charge on any atom is -0.352 e. The van der Waals surface area contributed by atoms with E-state index in [4.69, 9.17) is 0 Å². The van der Waals surface area contributed by atoms with E-state index in [0.29, 0.717) is 17.5 Å². The first-order chi connectivity index (χ1) is 11.8. The van der Waals surface area contributed by atoms with Gasteiger partial charge in [0.05, 0.1) is 6.33 Å². The van der Waals surface area contributed by atoms with E-state index in [1.807, 2.05) is 0 Å². The molecule has 8 heteroatoms. The van der Waals surface area contributed by atoms with E-state index in [-0.39, 0.29) is 24.0 Å². The molecule has 0 unspecified atom stereocenters. The van der Waals surface area contributed by atoms with Gasteiger partial charge in [-0.05, 0) is 18.3 Å². The molecule has 2 aromatic rings. The molecule has 1 N–H and O–H groups in total. The first-order valence-electron chi connectivity index (χ1n) is 8.71. The number of aromatic nitrogens is 4. The quantitative estimate of drug-likeness (QED) is 0.869. The first kappa shape index (κ1) is 17.4. The number of aryl methyl sites for hydroxylation is 1. The number of hydrogen-bond acceptors (Lipinski definition) is 4. The predicted octanol–water partition coefficient (Wildman–Crippen LogP) is 0.375. The minimum absolute atomic E-state index is 0.0154. The van der Waals surface area contributed by atoms with Crippen LogP contribution in [0.3, 0.4) is 0 Å². The summed E-state index contributed by atoms with van der Waals surface area (Å²) in [5.74, 6) is 0.891. The summed E-state index contributed by atoms with van der Waals surface area (Å²) in [6, 6.07) is 0.165. The summed E-state index contributed by atoms with van der Waals surface area (Å²) in [7, 11) is 2.99. The summed E-state index contributed by atoms with van der Waals surface area (Å²) in [6.45, 7) is 4.41. The van der Waals surface area contributed by atoms with Gasteiger partial charge in [-0.3, -0.25) is 18.7 Å². The van der Waals surface area contributed by atoms with Crippen LogP contribution in [-0.4, -0.2) is 30.6 Å². The molecule has 8 nitrogen and oxygen atoms in total. The lowest BCUT2D eigenvalue weighted by atomic mass is 9.78. The normalized spacial score (nSPS) is 23.8. The van der Waals surface area contributed by atoms with Gasteiger partial charge in [0.2, 0.25) is 5.91 Å². The Morgan fingerprint density at radius 3 is 2.68 bits per heavy atom. The highest BCUT2D eigenvalue weighted by Crippen LogP contribution is 2.29. The van der Waals surface area contributed by atoms with Crippen molar-refractivity contribution in [3.63, 3.8) is 0 Å². The van der Waals surface area contributed by atoms with Gasteiger partial charge < -0.3 is 9.88 Å². The standard InChI is InChI=1S/C17H25N5O3/c1-10-6-5-7-12(11(10)2)19-13(23)8-22-9-18-15-14(22)16(24)21(4)17(25)20(15)3/h9-12H,5-8H2,1-4H3,(H,19,23)/t10-,11+,12+/m1/s1. The molecule has 1 fully saturated rings. The molecular weight excluding hydrogens is 322 g/mol. The highest BCUT2D eigenvalue weighted by atomic mass is 16.2. The molecule has 0 radical (unpaired) electrons. The van der Waals surface area contributed by atoms with E-state index >= 15 is 0 Å². The third-order valence-electron chi connectivity index (χ3n) is 5.58. The van der Waals surface area contributed by atoms with Crippen LogP contribution < -0.4 is 16.6 Å². The smallest absolute Gasteiger partial charge is 0.332 e. The summed E-state index contributed by atoms with van der Waals surface area (Å²) in [4.78, 5) is 41.0. The van der Waals surface area contributed by atoms with E-state index in [9.17, 15) is 14.4 Å². The van der Waals surface area contributed by atoms with E-state index in [2.05, 4.69) is 24.1 Å². The van der Waals surface area contributed by atoms with Crippen molar-refractivity contribution in [3.05, 3.63) is 27.2 Å². The molecule has 1 amide bonds. The third-order valence-corrected chi connectivity index (χ3v) is 5.58. The second-order valence-corrected chi connectivity index (χ2v) is 7.19. The molecule has 1 aliphatic rings. The molecule has 3 atom stereocenters. The molecule has 0 bridgehead atoms. The zero-order valence-electron chi connectivity index (χ0n) is 15.2. The van der Waals surface area contributed by atoms with E-state index in [1.54, 1.807) is 7.05 Å². The van der Waals surface area contributed by atoms with Gasteiger partial charge in [-0.25, -0.2) is 9.78 Å². The van der Waals surface area contributed by atoms with Gasteiger partial charge >= 0.3 is 5.69 Å². The van der Waals surface area contributed by atoms with Gasteiger partial charge in [-0.15, -0.1) is 0 Å². The zero-order valence-corrected chi connectivity index (χ0v) is 15.2. The van der Waals surface area contributed by atoms with Crippen LogP contribution in [0.4, 0.5) is 0 Å². The van der Waals surface area contributed by atoms with Crippen molar-refractivity contribution in [1.29, 1.82) is 0 Å². The maximum absolute atomic E-state index is 12.5. The molecule has 1 aliphatic carbocycles. The lowest BCUT2D eigenvalue weighted by Crippen LogP contribution is -2.45. The zero-order chi connectivity index (χ0) is 18.3. The number of imidazole rings is 1. The topological polar surface area (TPSA) is 90.9 Å². The lowest BCUT2D eigenvalue weighted by molar-refractivity contribution is -0.123. The van der Waals surface area contributed by atoms with Crippen LogP contribution >= 0.6 is 0 Å². The Bertz CT molecular complexity index is 923. The maximum atomic E-state index is 12.5. The van der Waals surface area contributed by atoms with Crippen molar-refractivity contribution >= 4 is 17.1 Å². The summed E-state index contributed by atoms with van der Waals surface area (Å²) in [5, 5.41) is 3.10. The van der Waals surface area contributed by atoms with Crippen LogP contribution in [0.25, 0.3) is 11.2 Å². The number of nitrogens with zero attached hydrogens (tertiary/aromatic N) is 4. The molecule has 0 aromatic carbocycles. The largest absolute Gasteiger partial charge is 0.352 e. The first-order valence-corrected chi connectivity index (χ1v) is 8.71. The highest BCUT2D eigenvalue weighted by Gasteiger charge is 2.28. The average Bonchev–Trinajstić information content (AvgIpc) is 2.99. The SMILES string of the molecule is C[C@H]1[C@H](C)CCC[C@@H]1NC(=O)Cn1cnc2c1c(=O)n(C)c(=O)n2C.